The molecule has 0 radical (unpaired) electrons. The molecule has 0 atom stereocenters. The first kappa shape index (κ1) is 17.9. The maximum Gasteiger partial charge on any atom is 0.319 e. The largest absolute Gasteiger partial charge is 0.493 e. The SMILES string of the molecule is COc1cc(C)c(CCNC(=O)Nc2cccc(Cl)c2)cc1OC. The van der Waals surface area contributed by atoms with Crippen molar-refractivity contribution in [2.75, 3.05) is 26.1 Å². The van der Waals surface area contributed by atoms with Gasteiger partial charge in [0.1, 0.15) is 0 Å². The summed E-state index contributed by atoms with van der Waals surface area (Å²) in [6.45, 7) is 2.51. The predicted molar refractivity (Wildman–Crippen MR) is 96.5 cm³/mol. The zero-order valence-electron chi connectivity index (χ0n) is 14.0. The molecule has 0 saturated carbocycles. The van der Waals surface area contributed by atoms with Gasteiger partial charge in [-0.1, -0.05) is 17.7 Å². The average Bonchev–Trinajstić information content (AvgIpc) is 2.55. The summed E-state index contributed by atoms with van der Waals surface area (Å²) in [5.74, 6) is 1.38. The van der Waals surface area contributed by atoms with E-state index in [0.29, 0.717) is 35.2 Å². The van der Waals surface area contributed by atoms with E-state index in [9.17, 15) is 4.79 Å². The number of halogens is 1. The van der Waals surface area contributed by atoms with Gasteiger partial charge in [-0.25, -0.2) is 4.79 Å². The van der Waals surface area contributed by atoms with E-state index < -0.39 is 0 Å². The molecule has 6 heteroatoms. The number of anilines is 1. The van der Waals surface area contributed by atoms with Gasteiger partial charge < -0.3 is 20.1 Å². The standard InChI is InChI=1S/C18H21ClN2O3/c1-12-9-16(23-2)17(24-3)10-13(12)7-8-20-18(22)21-15-6-4-5-14(19)11-15/h4-6,9-11H,7-8H2,1-3H3,(H2,20,21,22). The molecule has 128 valence electrons. The van der Waals surface area contributed by atoms with Crippen molar-refractivity contribution in [3.05, 3.63) is 52.5 Å². The van der Waals surface area contributed by atoms with Crippen molar-refractivity contribution >= 4 is 23.3 Å². The summed E-state index contributed by atoms with van der Waals surface area (Å²) in [7, 11) is 3.21. The maximum atomic E-state index is 11.9. The first-order valence-electron chi connectivity index (χ1n) is 7.55. The predicted octanol–water partition coefficient (Wildman–Crippen LogP) is 4.03. The Labute approximate surface area is 146 Å². The lowest BCUT2D eigenvalue weighted by Crippen LogP contribution is -2.30. The molecule has 2 N–H and O–H groups in total. The number of aryl methyl sites for hydroxylation is 1. The smallest absolute Gasteiger partial charge is 0.319 e. The van der Waals surface area contributed by atoms with Crippen molar-refractivity contribution in [3.63, 3.8) is 0 Å². The molecule has 0 saturated heterocycles. The van der Waals surface area contributed by atoms with Crippen LogP contribution < -0.4 is 20.1 Å². The number of urea groups is 1. The first-order chi connectivity index (χ1) is 11.5. The second-order valence-corrected chi connectivity index (χ2v) is 5.71. The number of hydrogen-bond donors (Lipinski definition) is 2. The Hall–Kier alpha value is -2.40. The summed E-state index contributed by atoms with van der Waals surface area (Å²) in [4.78, 5) is 11.9. The number of hydrogen-bond acceptors (Lipinski definition) is 3. The van der Waals surface area contributed by atoms with Crippen LogP contribution in [-0.2, 0) is 6.42 Å². The number of methoxy groups -OCH3 is 2. The van der Waals surface area contributed by atoms with Gasteiger partial charge in [0.25, 0.3) is 0 Å². The number of ether oxygens (including phenoxy) is 2. The lowest BCUT2D eigenvalue weighted by Gasteiger charge is -2.13. The number of rotatable bonds is 6. The van der Waals surface area contributed by atoms with Gasteiger partial charge in [0.15, 0.2) is 11.5 Å². The van der Waals surface area contributed by atoms with Crippen LogP contribution in [0.15, 0.2) is 36.4 Å². The van der Waals surface area contributed by atoms with Gasteiger partial charge in [-0.3, -0.25) is 0 Å². The minimum atomic E-state index is -0.268. The molecule has 0 spiro atoms. The molecule has 2 rings (SSSR count). The fourth-order valence-corrected chi connectivity index (χ4v) is 2.53. The van der Waals surface area contributed by atoms with E-state index in [1.807, 2.05) is 19.1 Å². The lowest BCUT2D eigenvalue weighted by molar-refractivity contribution is 0.252. The molecule has 0 aliphatic rings. The van der Waals surface area contributed by atoms with Crippen LogP contribution in [0.2, 0.25) is 5.02 Å². The second-order valence-electron chi connectivity index (χ2n) is 5.27. The highest BCUT2D eigenvalue weighted by molar-refractivity contribution is 6.30. The highest BCUT2D eigenvalue weighted by atomic mass is 35.5. The molecule has 0 aliphatic carbocycles. The normalized spacial score (nSPS) is 10.2. The van der Waals surface area contributed by atoms with Crippen molar-refractivity contribution in [3.8, 4) is 11.5 Å². The van der Waals surface area contributed by atoms with E-state index in [2.05, 4.69) is 10.6 Å². The van der Waals surface area contributed by atoms with E-state index in [0.717, 1.165) is 11.1 Å². The van der Waals surface area contributed by atoms with Crippen molar-refractivity contribution < 1.29 is 14.3 Å². The van der Waals surface area contributed by atoms with Crippen LogP contribution in [0.1, 0.15) is 11.1 Å². The van der Waals surface area contributed by atoms with E-state index in [-0.39, 0.29) is 6.03 Å². The number of nitrogens with one attached hydrogen (secondary N) is 2. The van der Waals surface area contributed by atoms with Gasteiger partial charge in [0.05, 0.1) is 14.2 Å². The Morgan fingerprint density at radius 1 is 1.12 bits per heavy atom. The first-order valence-corrected chi connectivity index (χ1v) is 7.93. The fraction of sp³-hybridized carbons (Fsp3) is 0.278. The quantitative estimate of drug-likeness (QED) is 0.828. The average molecular weight is 349 g/mol. The molecule has 24 heavy (non-hydrogen) atoms. The van der Waals surface area contributed by atoms with Crippen LogP contribution in [-0.4, -0.2) is 26.8 Å². The summed E-state index contributed by atoms with van der Waals surface area (Å²) in [5, 5.41) is 6.15. The molecular formula is C18H21ClN2O3. The van der Waals surface area contributed by atoms with E-state index in [1.165, 1.54) is 0 Å². The molecule has 0 aromatic heterocycles. The molecule has 0 bridgehead atoms. The monoisotopic (exact) mass is 348 g/mol. The Kier molecular flexibility index (Phi) is 6.32. The summed E-state index contributed by atoms with van der Waals surface area (Å²) >= 11 is 5.89. The molecule has 0 heterocycles. The number of benzene rings is 2. The Balaban J connectivity index is 1.90. The lowest BCUT2D eigenvalue weighted by atomic mass is 10.0. The molecule has 2 aromatic carbocycles. The van der Waals surface area contributed by atoms with Gasteiger partial charge in [0, 0.05) is 17.3 Å². The molecule has 2 aromatic rings. The van der Waals surface area contributed by atoms with E-state index >= 15 is 0 Å². The molecule has 2 amide bonds. The number of carbonyl (C=O) groups excluding carboxylic acids is 1. The van der Waals surface area contributed by atoms with Crippen LogP contribution in [0.5, 0.6) is 11.5 Å². The third kappa shape index (κ3) is 4.80. The third-order valence-corrected chi connectivity index (χ3v) is 3.84. The molecular weight excluding hydrogens is 328 g/mol. The van der Waals surface area contributed by atoms with Crippen molar-refractivity contribution in [2.45, 2.75) is 13.3 Å². The number of amides is 2. The van der Waals surface area contributed by atoms with Crippen LogP contribution in [0.3, 0.4) is 0 Å². The van der Waals surface area contributed by atoms with Gasteiger partial charge in [-0.05, 0) is 54.8 Å². The van der Waals surface area contributed by atoms with Crippen LogP contribution in [0.25, 0.3) is 0 Å². The van der Waals surface area contributed by atoms with Gasteiger partial charge in [-0.2, -0.15) is 0 Å². The molecule has 0 fully saturated rings. The van der Waals surface area contributed by atoms with E-state index in [4.69, 9.17) is 21.1 Å². The zero-order valence-corrected chi connectivity index (χ0v) is 14.7. The maximum absolute atomic E-state index is 11.9. The molecule has 0 unspecified atom stereocenters. The molecule has 0 aliphatic heterocycles. The summed E-state index contributed by atoms with van der Waals surface area (Å²) in [6.07, 6.45) is 0.690. The van der Waals surface area contributed by atoms with Crippen LogP contribution in [0, 0.1) is 6.92 Å². The second kappa shape index (κ2) is 8.45. The minimum Gasteiger partial charge on any atom is -0.493 e. The topological polar surface area (TPSA) is 59.6 Å². The number of carbonyl (C=O) groups is 1. The van der Waals surface area contributed by atoms with Crippen LogP contribution in [0.4, 0.5) is 10.5 Å². The Morgan fingerprint density at radius 2 is 1.83 bits per heavy atom. The van der Waals surface area contributed by atoms with E-state index in [1.54, 1.807) is 38.5 Å². The highest BCUT2D eigenvalue weighted by Crippen LogP contribution is 2.30. The fourth-order valence-electron chi connectivity index (χ4n) is 2.34. The van der Waals surface area contributed by atoms with Gasteiger partial charge >= 0.3 is 6.03 Å². The van der Waals surface area contributed by atoms with Crippen LogP contribution >= 0.6 is 11.6 Å². The third-order valence-electron chi connectivity index (χ3n) is 3.60. The van der Waals surface area contributed by atoms with Gasteiger partial charge in [-0.15, -0.1) is 0 Å². The summed E-state index contributed by atoms with van der Waals surface area (Å²) in [6, 6.07) is 10.6. The Bertz CT molecular complexity index is 719. The molecule has 5 nitrogen and oxygen atoms in total. The summed E-state index contributed by atoms with van der Waals surface area (Å²) in [5.41, 5.74) is 2.84. The zero-order chi connectivity index (χ0) is 17.5. The van der Waals surface area contributed by atoms with Crippen molar-refractivity contribution in [1.29, 1.82) is 0 Å². The Morgan fingerprint density at radius 3 is 2.50 bits per heavy atom. The van der Waals surface area contributed by atoms with Crippen molar-refractivity contribution in [1.82, 2.24) is 5.32 Å². The highest BCUT2D eigenvalue weighted by Gasteiger charge is 2.09. The van der Waals surface area contributed by atoms with Gasteiger partial charge in [0.2, 0.25) is 0 Å². The van der Waals surface area contributed by atoms with Crippen molar-refractivity contribution in [2.24, 2.45) is 0 Å². The minimum absolute atomic E-state index is 0.268. The summed E-state index contributed by atoms with van der Waals surface area (Å²) < 4.78 is 10.6.